The molecular weight excluding hydrogens is 622 g/mol. The van der Waals surface area contributed by atoms with Crippen molar-refractivity contribution < 1.29 is 39.5 Å². The fourth-order valence-corrected chi connectivity index (χ4v) is 5.91. The Bertz CT molecular complexity index is 1190. The van der Waals surface area contributed by atoms with Gasteiger partial charge in [-0.2, -0.15) is 0 Å². The SMILES string of the molecule is CCCCCCCCCCCCCCCCCCOC(=O)NCC(=O)N[C@@H]1[C@@H](O)[C@@H](O)[C@@H](Nc2ncnc3nc[nH]c23)O[C@H]1[C@@H](O)CO. The first-order chi connectivity index (χ1) is 23.3. The molecule has 0 radical (unpaired) electrons. The largest absolute Gasteiger partial charge is 0.450 e. The number of rotatable bonds is 24. The molecule has 1 saturated heterocycles. The summed E-state index contributed by atoms with van der Waals surface area (Å²) in [5, 5.41) is 49.3. The molecule has 15 heteroatoms. The molecule has 3 heterocycles. The summed E-state index contributed by atoms with van der Waals surface area (Å²) in [4.78, 5) is 39.7. The predicted molar refractivity (Wildman–Crippen MR) is 180 cm³/mol. The lowest BCUT2D eigenvalue weighted by Crippen LogP contribution is -2.68. The minimum absolute atomic E-state index is 0.218. The molecule has 0 aromatic carbocycles. The standard InChI is InChI=1S/C33H57N7O8/c1-2-3-4-5-6-7-8-9-10-11-12-13-14-15-16-17-18-47-33(46)34-19-24(43)39-25-27(44)28(45)32(48-29(25)23(42)20-41)40-31-26-30(36-21-35-26)37-22-38-31/h21-23,25,27-29,32,41-42,44-45H,2-20H2,1H3,(H,34,46)(H,39,43)(H2,35,36,37,38,40)/t23-,25+,27+,28+,29-,32-/m0/s1. The lowest BCUT2D eigenvalue weighted by molar-refractivity contribution is -0.204. The Morgan fingerprint density at radius 2 is 1.50 bits per heavy atom. The number of aliphatic hydroxyl groups is 4. The summed E-state index contributed by atoms with van der Waals surface area (Å²) in [7, 11) is 0. The summed E-state index contributed by atoms with van der Waals surface area (Å²) in [6.45, 7) is 1.28. The van der Waals surface area contributed by atoms with E-state index in [0.29, 0.717) is 11.2 Å². The van der Waals surface area contributed by atoms with Crippen LogP contribution in [0.25, 0.3) is 11.2 Å². The number of unbranched alkanes of at least 4 members (excludes halogenated alkanes) is 15. The Balaban J connectivity index is 1.26. The maximum atomic E-state index is 12.6. The molecule has 1 aliphatic rings. The lowest BCUT2D eigenvalue weighted by Gasteiger charge is -2.44. The van der Waals surface area contributed by atoms with Crippen molar-refractivity contribution in [3.05, 3.63) is 12.7 Å². The maximum Gasteiger partial charge on any atom is 0.407 e. The van der Waals surface area contributed by atoms with E-state index in [1.54, 1.807) is 0 Å². The number of aromatic amines is 1. The molecule has 0 aliphatic carbocycles. The average Bonchev–Trinajstić information content (AvgIpc) is 3.58. The summed E-state index contributed by atoms with van der Waals surface area (Å²) < 4.78 is 10.9. The molecule has 272 valence electrons. The van der Waals surface area contributed by atoms with Crippen molar-refractivity contribution in [2.24, 2.45) is 0 Å². The van der Waals surface area contributed by atoms with E-state index in [0.717, 1.165) is 19.3 Å². The fourth-order valence-electron chi connectivity index (χ4n) is 5.91. The van der Waals surface area contributed by atoms with Crippen LogP contribution in [0, 0.1) is 0 Å². The zero-order chi connectivity index (χ0) is 34.6. The van der Waals surface area contributed by atoms with Crippen LogP contribution < -0.4 is 16.0 Å². The van der Waals surface area contributed by atoms with Crippen LogP contribution in [0.2, 0.25) is 0 Å². The molecule has 48 heavy (non-hydrogen) atoms. The fraction of sp³-hybridized carbons (Fsp3) is 0.788. The third-order valence-corrected chi connectivity index (χ3v) is 8.71. The average molecular weight is 680 g/mol. The minimum Gasteiger partial charge on any atom is -0.450 e. The topological polar surface area (TPSA) is 224 Å². The van der Waals surface area contributed by atoms with Gasteiger partial charge in [-0.3, -0.25) is 4.79 Å². The van der Waals surface area contributed by atoms with Crippen LogP contribution in [-0.2, 0) is 14.3 Å². The number of hydrogen-bond acceptors (Lipinski definition) is 12. The molecule has 8 N–H and O–H groups in total. The van der Waals surface area contributed by atoms with Gasteiger partial charge in [0.15, 0.2) is 17.7 Å². The highest BCUT2D eigenvalue weighted by molar-refractivity contribution is 5.83. The quantitative estimate of drug-likeness (QED) is 0.0750. The number of hydrogen-bond donors (Lipinski definition) is 8. The smallest absolute Gasteiger partial charge is 0.407 e. The van der Waals surface area contributed by atoms with Gasteiger partial charge in [-0.05, 0) is 6.42 Å². The number of alkyl carbamates (subject to hydrolysis) is 1. The van der Waals surface area contributed by atoms with Crippen molar-refractivity contribution in [2.45, 2.75) is 146 Å². The number of aliphatic hydroxyl groups excluding tert-OH is 4. The van der Waals surface area contributed by atoms with Gasteiger partial charge >= 0.3 is 6.09 Å². The van der Waals surface area contributed by atoms with Gasteiger partial charge < -0.3 is 50.8 Å². The zero-order valence-electron chi connectivity index (χ0n) is 28.3. The first kappa shape index (κ1) is 39.3. The third kappa shape index (κ3) is 13.4. The van der Waals surface area contributed by atoms with E-state index < -0.39 is 61.8 Å². The molecule has 15 nitrogen and oxygen atoms in total. The first-order valence-corrected chi connectivity index (χ1v) is 17.8. The van der Waals surface area contributed by atoms with Gasteiger partial charge in [0.1, 0.15) is 42.8 Å². The number of H-pyrrole nitrogens is 1. The molecule has 0 spiro atoms. The van der Waals surface area contributed by atoms with E-state index in [1.165, 1.54) is 96.1 Å². The van der Waals surface area contributed by atoms with Crippen molar-refractivity contribution in [1.29, 1.82) is 0 Å². The van der Waals surface area contributed by atoms with Gasteiger partial charge in [0.2, 0.25) is 5.91 Å². The molecule has 0 unspecified atom stereocenters. The molecule has 1 fully saturated rings. The number of nitrogens with one attached hydrogen (secondary N) is 4. The van der Waals surface area contributed by atoms with Crippen LogP contribution in [0.4, 0.5) is 10.6 Å². The highest BCUT2D eigenvalue weighted by Crippen LogP contribution is 2.26. The van der Waals surface area contributed by atoms with Gasteiger partial charge in [-0.25, -0.2) is 19.7 Å². The number of aromatic nitrogens is 4. The normalized spacial score (nSPS) is 21.6. The third-order valence-electron chi connectivity index (χ3n) is 8.71. The maximum absolute atomic E-state index is 12.6. The Morgan fingerprint density at radius 3 is 2.10 bits per heavy atom. The Hall–Kier alpha value is -3.11. The molecule has 2 amide bonds. The first-order valence-electron chi connectivity index (χ1n) is 17.8. The molecule has 1 aliphatic heterocycles. The predicted octanol–water partition coefficient (Wildman–Crippen LogP) is 3.04. The van der Waals surface area contributed by atoms with E-state index >= 15 is 0 Å². The molecule has 0 saturated carbocycles. The molecule has 6 atom stereocenters. The number of anilines is 1. The zero-order valence-corrected chi connectivity index (χ0v) is 28.3. The van der Waals surface area contributed by atoms with Crippen LogP contribution in [0.1, 0.15) is 110 Å². The molecule has 2 aromatic heterocycles. The van der Waals surface area contributed by atoms with Gasteiger partial charge in [0, 0.05) is 0 Å². The van der Waals surface area contributed by atoms with Crippen molar-refractivity contribution >= 4 is 29.0 Å². The molecule has 3 rings (SSSR count). The summed E-state index contributed by atoms with van der Waals surface area (Å²) in [5.74, 6) is -0.499. The van der Waals surface area contributed by atoms with Crippen LogP contribution in [0.5, 0.6) is 0 Å². The van der Waals surface area contributed by atoms with Gasteiger partial charge in [-0.1, -0.05) is 103 Å². The van der Waals surface area contributed by atoms with Crippen molar-refractivity contribution in [3.8, 4) is 0 Å². The summed E-state index contributed by atoms with van der Waals surface area (Å²) in [6.07, 6.45) is 14.6. The monoisotopic (exact) mass is 679 g/mol. The summed E-state index contributed by atoms with van der Waals surface area (Å²) in [5.41, 5.74) is 0.775. The summed E-state index contributed by atoms with van der Waals surface area (Å²) >= 11 is 0. The van der Waals surface area contributed by atoms with Crippen molar-refractivity contribution in [1.82, 2.24) is 30.6 Å². The van der Waals surface area contributed by atoms with Gasteiger partial charge in [0.25, 0.3) is 0 Å². The molecular formula is C33H57N7O8. The number of amides is 2. The Labute approximate surface area is 283 Å². The lowest BCUT2D eigenvalue weighted by atomic mass is 9.92. The second-order valence-corrected chi connectivity index (χ2v) is 12.6. The number of ether oxygens (including phenoxy) is 2. The van der Waals surface area contributed by atoms with Crippen molar-refractivity contribution in [3.63, 3.8) is 0 Å². The minimum atomic E-state index is -1.62. The van der Waals surface area contributed by atoms with E-state index in [4.69, 9.17) is 9.47 Å². The highest BCUT2D eigenvalue weighted by Gasteiger charge is 2.48. The number of carbonyl (C=O) groups excluding carboxylic acids is 2. The van der Waals surface area contributed by atoms with E-state index in [1.807, 2.05) is 0 Å². The number of imidazole rings is 1. The van der Waals surface area contributed by atoms with E-state index in [2.05, 4.69) is 42.8 Å². The Kier molecular flexibility index (Phi) is 18.4. The van der Waals surface area contributed by atoms with E-state index in [9.17, 15) is 30.0 Å². The number of carbonyl (C=O) groups is 2. The van der Waals surface area contributed by atoms with Gasteiger partial charge in [-0.15, -0.1) is 0 Å². The van der Waals surface area contributed by atoms with E-state index in [-0.39, 0.29) is 12.4 Å². The van der Waals surface area contributed by atoms with Crippen molar-refractivity contribution in [2.75, 3.05) is 25.1 Å². The summed E-state index contributed by atoms with van der Waals surface area (Å²) in [6, 6.07) is -1.31. The van der Waals surface area contributed by atoms with Crippen LogP contribution >= 0.6 is 0 Å². The Morgan fingerprint density at radius 1 is 0.896 bits per heavy atom. The molecule has 0 bridgehead atoms. The van der Waals surface area contributed by atoms with Crippen LogP contribution in [-0.4, -0.2) is 109 Å². The number of fused-ring (bicyclic) bond motifs is 1. The highest BCUT2D eigenvalue weighted by atomic mass is 16.6. The second kappa shape index (κ2) is 22.5. The van der Waals surface area contributed by atoms with Crippen LogP contribution in [0.15, 0.2) is 12.7 Å². The second-order valence-electron chi connectivity index (χ2n) is 12.6. The van der Waals surface area contributed by atoms with Gasteiger partial charge in [0.05, 0.1) is 25.6 Å². The van der Waals surface area contributed by atoms with Crippen LogP contribution in [0.3, 0.4) is 0 Å². The number of nitrogens with zero attached hydrogens (tertiary/aromatic N) is 3. The molecule has 2 aromatic rings.